The van der Waals surface area contributed by atoms with Gasteiger partial charge in [-0.25, -0.2) is 0 Å². The van der Waals surface area contributed by atoms with Gasteiger partial charge in [-0.15, -0.1) is 0 Å². The van der Waals surface area contributed by atoms with Crippen LogP contribution in [0.25, 0.3) is 0 Å². The summed E-state index contributed by atoms with van der Waals surface area (Å²) in [5, 5.41) is 9.34. The van der Waals surface area contributed by atoms with Crippen molar-refractivity contribution in [2.45, 2.75) is 57.2 Å². The van der Waals surface area contributed by atoms with Gasteiger partial charge in [0.25, 0.3) is 0 Å². The van der Waals surface area contributed by atoms with Crippen molar-refractivity contribution in [3.8, 4) is 5.75 Å². The van der Waals surface area contributed by atoms with E-state index < -0.39 is 0 Å². The molecule has 0 spiro atoms. The molecule has 2 heterocycles. The quantitative estimate of drug-likeness (QED) is 0.923. The van der Waals surface area contributed by atoms with Crippen LogP contribution in [0.3, 0.4) is 0 Å². The van der Waals surface area contributed by atoms with Crippen LogP contribution in [-0.4, -0.2) is 53.2 Å². The minimum absolute atomic E-state index is 0.360. The topological polar surface area (TPSA) is 26.7 Å². The number of aromatic hydroxyl groups is 1. The fourth-order valence-corrected chi connectivity index (χ4v) is 3.96. The Morgan fingerprint density at radius 3 is 2.62 bits per heavy atom. The second-order valence-electron chi connectivity index (χ2n) is 6.89. The highest BCUT2D eigenvalue weighted by Crippen LogP contribution is 2.29. The average Bonchev–Trinajstić information content (AvgIpc) is 2.71. The van der Waals surface area contributed by atoms with Crippen molar-refractivity contribution in [1.82, 2.24) is 9.80 Å². The zero-order valence-corrected chi connectivity index (χ0v) is 13.3. The van der Waals surface area contributed by atoms with Crippen molar-refractivity contribution in [1.29, 1.82) is 0 Å². The number of nitrogens with zero attached hydrogens (tertiary/aromatic N) is 2. The first-order valence-electron chi connectivity index (χ1n) is 8.37. The van der Waals surface area contributed by atoms with Crippen LogP contribution in [0.4, 0.5) is 0 Å². The van der Waals surface area contributed by atoms with Crippen molar-refractivity contribution >= 4 is 0 Å². The standard InChI is InChI=1S/C18H28N2O/c1-14(3-4-15-5-9-18(21)10-6-15)20-12-11-16-7-8-17(13-20)19(16)2/h5-6,9-10,14,16-17,21H,3-4,7-8,11-13H2,1-2H3. The second kappa shape index (κ2) is 6.37. The van der Waals surface area contributed by atoms with Gasteiger partial charge in [0.05, 0.1) is 0 Å². The molecule has 116 valence electrons. The molecule has 2 aliphatic rings. The molecule has 0 aromatic heterocycles. The lowest BCUT2D eigenvalue weighted by Gasteiger charge is -2.31. The summed E-state index contributed by atoms with van der Waals surface area (Å²) in [6.07, 6.45) is 6.41. The third kappa shape index (κ3) is 3.41. The molecule has 2 aliphatic heterocycles. The number of likely N-dealkylation sites (N-methyl/N-ethyl adjacent to an activating group) is 1. The molecule has 2 fully saturated rings. The Bertz CT molecular complexity index is 459. The molecule has 3 unspecified atom stereocenters. The molecule has 1 N–H and O–H groups in total. The van der Waals surface area contributed by atoms with E-state index in [1.54, 1.807) is 12.1 Å². The molecule has 2 bridgehead atoms. The van der Waals surface area contributed by atoms with Crippen molar-refractivity contribution in [3.63, 3.8) is 0 Å². The zero-order chi connectivity index (χ0) is 14.8. The lowest BCUT2D eigenvalue weighted by atomic mass is 10.0. The Morgan fingerprint density at radius 2 is 1.86 bits per heavy atom. The van der Waals surface area contributed by atoms with E-state index in [0.717, 1.165) is 18.5 Å². The van der Waals surface area contributed by atoms with E-state index in [4.69, 9.17) is 0 Å². The third-order valence-electron chi connectivity index (χ3n) is 5.59. The van der Waals surface area contributed by atoms with E-state index >= 15 is 0 Å². The number of phenolic OH excluding ortho intramolecular Hbond substituents is 1. The van der Waals surface area contributed by atoms with E-state index in [9.17, 15) is 5.11 Å². The lowest BCUT2D eigenvalue weighted by Crippen LogP contribution is -2.41. The van der Waals surface area contributed by atoms with E-state index in [1.807, 2.05) is 12.1 Å². The number of likely N-dealkylation sites (tertiary alicyclic amines) is 1. The predicted octanol–water partition coefficient (Wildman–Crippen LogP) is 2.88. The van der Waals surface area contributed by atoms with Gasteiger partial charge in [-0.2, -0.15) is 0 Å². The summed E-state index contributed by atoms with van der Waals surface area (Å²) in [5.41, 5.74) is 1.33. The first kappa shape index (κ1) is 14.9. The minimum Gasteiger partial charge on any atom is -0.508 e. The van der Waals surface area contributed by atoms with Crippen LogP contribution in [0.1, 0.15) is 38.2 Å². The molecule has 3 rings (SSSR count). The van der Waals surface area contributed by atoms with E-state index in [0.29, 0.717) is 11.8 Å². The van der Waals surface area contributed by atoms with E-state index in [1.165, 1.54) is 44.3 Å². The number of rotatable bonds is 4. The third-order valence-corrected chi connectivity index (χ3v) is 5.59. The molecule has 3 heteroatoms. The van der Waals surface area contributed by atoms with Gasteiger partial charge in [-0.05, 0) is 70.3 Å². The van der Waals surface area contributed by atoms with Crippen molar-refractivity contribution in [2.24, 2.45) is 0 Å². The van der Waals surface area contributed by atoms with Crippen LogP contribution in [0.2, 0.25) is 0 Å². The maximum Gasteiger partial charge on any atom is 0.115 e. The summed E-state index contributed by atoms with van der Waals surface area (Å²) in [7, 11) is 2.31. The fourth-order valence-electron chi connectivity index (χ4n) is 3.96. The van der Waals surface area contributed by atoms with E-state index in [-0.39, 0.29) is 0 Å². The fraction of sp³-hybridized carbons (Fsp3) is 0.667. The van der Waals surface area contributed by atoms with Gasteiger partial charge in [-0.1, -0.05) is 12.1 Å². The number of aryl methyl sites for hydroxylation is 1. The Morgan fingerprint density at radius 1 is 1.14 bits per heavy atom. The summed E-state index contributed by atoms with van der Waals surface area (Å²) in [5.74, 6) is 0.360. The maximum atomic E-state index is 9.34. The van der Waals surface area contributed by atoms with Crippen LogP contribution < -0.4 is 0 Å². The van der Waals surface area contributed by atoms with Crippen molar-refractivity contribution in [3.05, 3.63) is 29.8 Å². The Kier molecular flexibility index (Phi) is 4.51. The summed E-state index contributed by atoms with van der Waals surface area (Å²) < 4.78 is 0. The minimum atomic E-state index is 0.360. The van der Waals surface area contributed by atoms with Gasteiger partial charge in [-0.3, -0.25) is 9.80 Å². The number of hydrogen-bond acceptors (Lipinski definition) is 3. The van der Waals surface area contributed by atoms with Gasteiger partial charge in [0.1, 0.15) is 5.75 Å². The second-order valence-corrected chi connectivity index (χ2v) is 6.89. The Hall–Kier alpha value is -1.06. The van der Waals surface area contributed by atoms with Crippen LogP contribution in [0, 0.1) is 0 Å². The molecule has 0 saturated carbocycles. The number of fused-ring (bicyclic) bond motifs is 2. The Balaban J connectivity index is 1.53. The summed E-state index contributed by atoms with van der Waals surface area (Å²) in [4.78, 5) is 5.31. The highest BCUT2D eigenvalue weighted by atomic mass is 16.3. The molecule has 2 saturated heterocycles. The van der Waals surface area contributed by atoms with Crippen molar-refractivity contribution < 1.29 is 5.11 Å². The molecule has 0 amide bonds. The average molecular weight is 288 g/mol. The lowest BCUT2D eigenvalue weighted by molar-refractivity contribution is 0.174. The molecule has 0 radical (unpaired) electrons. The van der Waals surface area contributed by atoms with Gasteiger partial charge >= 0.3 is 0 Å². The molecule has 1 aromatic carbocycles. The first-order valence-corrected chi connectivity index (χ1v) is 8.37. The summed E-state index contributed by atoms with van der Waals surface area (Å²) in [6, 6.07) is 9.91. The number of hydrogen-bond donors (Lipinski definition) is 1. The largest absolute Gasteiger partial charge is 0.508 e. The summed E-state index contributed by atoms with van der Waals surface area (Å²) in [6.45, 7) is 4.87. The first-order chi connectivity index (χ1) is 10.1. The normalized spacial score (nSPS) is 28.5. The van der Waals surface area contributed by atoms with Crippen LogP contribution in [0.15, 0.2) is 24.3 Å². The number of benzene rings is 1. The zero-order valence-electron chi connectivity index (χ0n) is 13.3. The molecule has 3 nitrogen and oxygen atoms in total. The molecular formula is C18H28N2O. The monoisotopic (exact) mass is 288 g/mol. The summed E-state index contributed by atoms with van der Waals surface area (Å²) >= 11 is 0. The van der Waals surface area contributed by atoms with Gasteiger partial charge in [0.15, 0.2) is 0 Å². The highest BCUT2D eigenvalue weighted by Gasteiger charge is 2.35. The molecule has 3 atom stereocenters. The Labute approximate surface area is 128 Å². The SMILES string of the molecule is CC(CCc1ccc(O)cc1)N1CCC2CCC(C1)N2C. The molecule has 21 heavy (non-hydrogen) atoms. The van der Waals surface area contributed by atoms with Gasteiger partial charge < -0.3 is 5.11 Å². The molecule has 1 aromatic rings. The van der Waals surface area contributed by atoms with Crippen LogP contribution in [-0.2, 0) is 6.42 Å². The van der Waals surface area contributed by atoms with E-state index in [2.05, 4.69) is 23.8 Å². The van der Waals surface area contributed by atoms with Crippen molar-refractivity contribution in [2.75, 3.05) is 20.1 Å². The predicted molar refractivity (Wildman–Crippen MR) is 86.7 cm³/mol. The van der Waals surface area contributed by atoms with Gasteiger partial charge in [0.2, 0.25) is 0 Å². The highest BCUT2D eigenvalue weighted by molar-refractivity contribution is 5.25. The maximum absolute atomic E-state index is 9.34. The smallest absolute Gasteiger partial charge is 0.115 e. The van der Waals surface area contributed by atoms with Crippen LogP contribution in [0.5, 0.6) is 5.75 Å². The van der Waals surface area contributed by atoms with Gasteiger partial charge in [0, 0.05) is 24.7 Å². The number of phenols is 1. The molecular weight excluding hydrogens is 260 g/mol. The van der Waals surface area contributed by atoms with Crippen LogP contribution >= 0.6 is 0 Å². The molecule has 0 aliphatic carbocycles.